The molecule has 1 heterocycles. The highest BCUT2D eigenvalue weighted by Gasteiger charge is 2.23. The van der Waals surface area contributed by atoms with Crippen molar-refractivity contribution < 1.29 is 9.59 Å². The number of nitrogens with zero attached hydrogens (tertiary/aromatic N) is 1. The average Bonchev–Trinajstić information content (AvgIpc) is 2.70. The average molecular weight is 285 g/mol. The SMILES string of the molecule is Cc1ccc(Cl)cc1NC(=O)CN1CCSC1=O. The minimum atomic E-state index is -0.198. The molecule has 0 radical (unpaired) electrons. The van der Waals surface area contributed by atoms with Gasteiger partial charge in [-0.15, -0.1) is 0 Å². The second kappa shape index (κ2) is 5.63. The summed E-state index contributed by atoms with van der Waals surface area (Å²) in [6, 6.07) is 5.32. The molecule has 18 heavy (non-hydrogen) atoms. The number of rotatable bonds is 3. The third-order valence-electron chi connectivity index (χ3n) is 2.65. The fourth-order valence-electron chi connectivity index (χ4n) is 1.66. The second-order valence-electron chi connectivity index (χ2n) is 4.04. The number of thioether (sulfide) groups is 1. The number of hydrogen-bond donors (Lipinski definition) is 1. The Bertz CT molecular complexity index is 493. The summed E-state index contributed by atoms with van der Waals surface area (Å²) in [5.41, 5.74) is 1.63. The fraction of sp³-hybridized carbons (Fsp3) is 0.333. The number of amides is 2. The highest BCUT2D eigenvalue weighted by Crippen LogP contribution is 2.21. The Kier molecular flexibility index (Phi) is 4.14. The van der Waals surface area contributed by atoms with Gasteiger partial charge in [0.1, 0.15) is 6.54 Å². The van der Waals surface area contributed by atoms with Crippen molar-refractivity contribution in [3.8, 4) is 0 Å². The third kappa shape index (κ3) is 3.17. The molecule has 1 fully saturated rings. The molecule has 0 unspecified atom stereocenters. The summed E-state index contributed by atoms with van der Waals surface area (Å²) in [4.78, 5) is 24.7. The Morgan fingerprint density at radius 1 is 1.56 bits per heavy atom. The lowest BCUT2D eigenvalue weighted by Crippen LogP contribution is -2.33. The van der Waals surface area contributed by atoms with Gasteiger partial charge in [0.25, 0.3) is 5.24 Å². The predicted molar refractivity (Wildman–Crippen MR) is 74.2 cm³/mol. The van der Waals surface area contributed by atoms with Crippen LogP contribution in [0.4, 0.5) is 10.5 Å². The topological polar surface area (TPSA) is 49.4 Å². The van der Waals surface area contributed by atoms with Crippen molar-refractivity contribution in [2.45, 2.75) is 6.92 Å². The predicted octanol–water partition coefficient (Wildman–Crippen LogP) is 2.76. The molecule has 0 atom stereocenters. The van der Waals surface area contributed by atoms with Crippen molar-refractivity contribution in [3.63, 3.8) is 0 Å². The minimum Gasteiger partial charge on any atom is -0.324 e. The zero-order valence-corrected chi connectivity index (χ0v) is 11.5. The number of anilines is 1. The van der Waals surface area contributed by atoms with Crippen LogP contribution in [0.25, 0.3) is 0 Å². The van der Waals surface area contributed by atoms with Crippen LogP contribution in [-0.4, -0.2) is 34.9 Å². The number of nitrogens with one attached hydrogen (secondary N) is 1. The van der Waals surface area contributed by atoms with Gasteiger partial charge in [-0.05, 0) is 24.6 Å². The summed E-state index contributed by atoms with van der Waals surface area (Å²) >= 11 is 7.12. The zero-order chi connectivity index (χ0) is 13.1. The van der Waals surface area contributed by atoms with Crippen molar-refractivity contribution in [3.05, 3.63) is 28.8 Å². The van der Waals surface area contributed by atoms with Crippen LogP contribution in [0.5, 0.6) is 0 Å². The molecular formula is C12H13ClN2O2S. The summed E-state index contributed by atoms with van der Waals surface area (Å²) in [6.07, 6.45) is 0. The monoisotopic (exact) mass is 284 g/mol. The molecule has 0 bridgehead atoms. The van der Waals surface area contributed by atoms with Gasteiger partial charge >= 0.3 is 0 Å². The largest absolute Gasteiger partial charge is 0.324 e. The van der Waals surface area contributed by atoms with E-state index in [0.29, 0.717) is 17.3 Å². The third-order valence-corrected chi connectivity index (χ3v) is 3.78. The number of carbonyl (C=O) groups excluding carboxylic acids is 2. The molecule has 2 amide bonds. The smallest absolute Gasteiger partial charge is 0.282 e. The van der Waals surface area contributed by atoms with Crippen LogP contribution < -0.4 is 5.32 Å². The lowest BCUT2D eigenvalue weighted by Gasteiger charge is -2.15. The molecule has 0 spiro atoms. The first-order chi connectivity index (χ1) is 8.56. The number of hydrogen-bond acceptors (Lipinski definition) is 3. The number of aryl methyl sites for hydroxylation is 1. The van der Waals surface area contributed by atoms with E-state index in [1.54, 1.807) is 17.0 Å². The molecule has 1 aliphatic rings. The van der Waals surface area contributed by atoms with Crippen molar-refractivity contribution >= 4 is 40.2 Å². The number of halogens is 1. The van der Waals surface area contributed by atoms with Gasteiger partial charge in [0.2, 0.25) is 5.91 Å². The lowest BCUT2D eigenvalue weighted by atomic mass is 10.2. The van der Waals surface area contributed by atoms with E-state index in [0.717, 1.165) is 11.3 Å². The zero-order valence-electron chi connectivity index (χ0n) is 9.90. The molecule has 2 rings (SSSR count). The minimum absolute atomic E-state index is 0.0343. The van der Waals surface area contributed by atoms with Gasteiger partial charge in [-0.1, -0.05) is 29.4 Å². The van der Waals surface area contributed by atoms with Crippen molar-refractivity contribution in [1.29, 1.82) is 0 Å². The molecule has 0 saturated carbocycles. The van der Waals surface area contributed by atoms with Crippen LogP contribution in [0, 0.1) is 6.92 Å². The summed E-state index contributed by atoms with van der Waals surface area (Å²) in [5.74, 6) is 0.554. The molecule has 1 aliphatic heterocycles. The van der Waals surface area contributed by atoms with Gasteiger partial charge in [-0.25, -0.2) is 0 Å². The Balaban J connectivity index is 1.98. The van der Waals surface area contributed by atoms with Crippen LogP contribution in [0.1, 0.15) is 5.56 Å². The van der Waals surface area contributed by atoms with Crippen molar-refractivity contribution in [2.24, 2.45) is 0 Å². The maximum atomic E-state index is 11.8. The van der Waals surface area contributed by atoms with Gasteiger partial charge in [0, 0.05) is 23.0 Å². The molecular weight excluding hydrogens is 272 g/mol. The number of carbonyl (C=O) groups is 2. The van der Waals surface area contributed by atoms with Gasteiger partial charge in [-0.2, -0.15) is 0 Å². The summed E-state index contributed by atoms with van der Waals surface area (Å²) in [6.45, 7) is 2.62. The first kappa shape index (κ1) is 13.2. The molecule has 1 aromatic carbocycles. The molecule has 0 aromatic heterocycles. The molecule has 6 heteroatoms. The summed E-state index contributed by atoms with van der Waals surface area (Å²) < 4.78 is 0. The Morgan fingerprint density at radius 2 is 2.33 bits per heavy atom. The van der Waals surface area contributed by atoms with E-state index >= 15 is 0 Å². The first-order valence-corrected chi connectivity index (χ1v) is 6.90. The Morgan fingerprint density at radius 3 is 3.00 bits per heavy atom. The van der Waals surface area contributed by atoms with Crippen LogP contribution in [-0.2, 0) is 4.79 Å². The number of benzene rings is 1. The van der Waals surface area contributed by atoms with Crippen LogP contribution >= 0.6 is 23.4 Å². The highest BCUT2D eigenvalue weighted by molar-refractivity contribution is 8.13. The standard InChI is InChI=1S/C12H13ClN2O2S/c1-8-2-3-9(13)6-10(8)14-11(16)7-15-4-5-18-12(15)17/h2-3,6H,4-5,7H2,1H3,(H,14,16). The maximum Gasteiger partial charge on any atom is 0.282 e. The van der Waals surface area contributed by atoms with Crippen LogP contribution in [0.2, 0.25) is 5.02 Å². The Hall–Kier alpha value is -1.20. The van der Waals surface area contributed by atoms with E-state index in [9.17, 15) is 9.59 Å². The van der Waals surface area contributed by atoms with Gasteiger partial charge < -0.3 is 10.2 Å². The van der Waals surface area contributed by atoms with Crippen LogP contribution in [0.15, 0.2) is 18.2 Å². The van der Waals surface area contributed by atoms with E-state index in [4.69, 9.17) is 11.6 Å². The maximum absolute atomic E-state index is 11.8. The molecule has 0 aliphatic carbocycles. The van der Waals surface area contributed by atoms with Gasteiger partial charge in [0.05, 0.1) is 0 Å². The molecule has 96 valence electrons. The van der Waals surface area contributed by atoms with E-state index in [1.165, 1.54) is 11.8 Å². The molecule has 1 aromatic rings. The first-order valence-electron chi connectivity index (χ1n) is 5.54. The second-order valence-corrected chi connectivity index (χ2v) is 5.53. The molecule has 1 saturated heterocycles. The molecule has 1 N–H and O–H groups in total. The normalized spacial score (nSPS) is 15.0. The van der Waals surface area contributed by atoms with E-state index in [2.05, 4.69) is 5.32 Å². The summed E-state index contributed by atoms with van der Waals surface area (Å²) in [7, 11) is 0. The van der Waals surface area contributed by atoms with Gasteiger partial charge in [0.15, 0.2) is 0 Å². The Labute approximate surface area is 115 Å². The quantitative estimate of drug-likeness (QED) is 0.928. The molecule has 4 nitrogen and oxygen atoms in total. The van der Waals surface area contributed by atoms with Gasteiger partial charge in [-0.3, -0.25) is 9.59 Å². The van der Waals surface area contributed by atoms with E-state index in [-0.39, 0.29) is 17.7 Å². The van der Waals surface area contributed by atoms with E-state index < -0.39 is 0 Å². The highest BCUT2D eigenvalue weighted by atomic mass is 35.5. The van der Waals surface area contributed by atoms with E-state index in [1.807, 2.05) is 13.0 Å². The lowest BCUT2D eigenvalue weighted by molar-refractivity contribution is -0.116. The van der Waals surface area contributed by atoms with Crippen LogP contribution in [0.3, 0.4) is 0 Å². The fourth-order valence-corrected chi connectivity index (χ4v) is 2.66. The van der Waals surface area contributed by atoms with Crippen molar-refractivity contribution in [1.82, 2.24) is 4.90 Å². The summed E-state index contributed by atoms with van der Waals surface area (Å²) in [5, 5.41) is 3.31. The van der Waals surface area contributed by atoms with Crippen molar-refractivity contribution in [2.75, 3.05) is 24.2 Å².